The first-order chi connectivity index (χ1) is 8.95. The summed E-state index contributed by atoms with van der Waals surface area (Å²) in [7, 11) is -3.72. The molecule has 0 fully saturated rings. The van der Waals surface area contributed by atoms with E-state index >= 15 is 0 Å². The van der Waals surface area contributed by atoms with Crippen LogP contribution in [0.4, 0.5) is 0 Å². The van der Waals surface area contributed by atoms with Gasteiger partial charge in [0.25, 0.3) is 0 Å². The lowest BCUT2D eigenvalue weighted by Crippen LogP contribution is -2.06. The van der Waals surface area contributed by atoms with E-state index in [1.165, 1.54) is 0 Å². The predicted molar refractivity (Wildman–Crippen MR) is 77.3 cm³/mol. The van der Waals surface area contributed by atoms with Crippen molar-refractivity contribution in [1.29, 1.82) is 0 Å². The molecule has 0 bridgehead atoms. The molecular formula is C15H22O3S. The maximum atomic E-state index is 12.0. The zero-order chi connectivity index (χ0) is 14.3. The molecule has 106 valence electrons. The topological polar surface area (TPSA) is 43.4 Å². The quantitative estimate of drug-likeness (QED) is 0.408. The summed E-state index contributed by atoms with van der Waals surface area (Å²) < 4.78 is 28.9. The second kappa shape index (κ2) is 7.34. The first-order valence-electron chi connectivity index (χ1n) is 6.64. The highest BCUT2D eigenvalue weighted by molar-refractivity contribution is 7.86. The fourth-order valence-corrected chi connectivity index (χ4v) is 2.66. The highest BCUT2D eigenvalue weighted by Crippen LogP contribution is 2.18. The number of hydrogen-bond acceptors (Lipinski definition) is 3. The van der Waals surface area contributed by atoms with E-state index in [1.807, 2.05) is 6.92 Å². The molecule has 1 aromatic carbocycles. The van der Waals surface area contributed by atoms with Crippen LogP contribution in [0.15, 0.2) is 41.5 Å². The third-order valence-electron chi connectivity index (χ3n) is 2.85. The number of benzene rings is 1. The third kappa shape index (κ3) is 5.47. The van der Waals surface area contributed by atoms with E-state index < -0.39 is 10.1 Å². The van der Waals surface area contributed by atoms with E-state index in [2.05, 4.69) is 13.5 Å². The van der Waals surface area contributed by atoms with Gasteiger partial charge in [-0.2, -0.15) is 8.42 Å². The minimum Gasteiger partial charge on any atom is -0.384 e. The summed E-state index contributed by atoms with van der Waals surface area (Å²) in [6.45, 7) is 7.72. The molecule has 0 saturated carbocycles. The van der Waals surface area contributed by atoms with Gasteiger partial charge in [-0.3, -0.25) is 0 Å². The van der Waals surface area contributed by atoms with E-state index in [0.29, 0.717) is 12.2 Å². The van der Waals surface area contributed by atoms with Gasteiger partial charge in [0, 0.05) is 6.42 Å². The molecule has 3 nitrogen and oxygen atoms in total. The van der Waals surface area contributed by atoms with Crippen LogP contribution < -0.4 is 0 Å². The van der Waals surface area contributed by atoms with Crippen molar-refractivity contribution in [2.45, 2.75) is 50.8 Å². The molecule has 0 spiro atoms. The number of hydrogen-bond donors (Lipinski definition) is 0. The second-order valence-corrected chi connectivity index (χ2v) is 6.25. The minimum atomic E-state index is -3.72. The second-order valence-electron chi connectivity index (χ2n) is 4.70. The van der Waals surface area contributed by atoms with Gasteiger partial charge in [0.05, 0.1) is 0 Å². The smallest absolute Gasteiger partial charge is 0.338 e. The Bertz CT molecular complexity index is 501. The first-order valence-corrected chi connectivity index (χ1v) is 8.05. The summed E-state index contributed by atoms with van der Waals surface area (Å²) in [6.07, 6.45) is 4.87. The van der Waals surface area contributed by atoms with E-state index in [4.69, 9.17) is 4.18 Å². The summed E-state index contributed by atoms with van der Waals surface area (Å²) in [5, 5.41) is 0. The molecule has 0 atom stereocenters. The maximum absolute atomic E-state index is 12.0. The van der Waals surface area contributed by atoms with Gasteiger partial charge >= 0.3 is 10.1 Å². The van der Waals surface area contributed by atoms with Crippen molar-refractivity contribution < 1.29 is 12.6 Å². The molecule has 0 heterocycles. The van der Waals surface area contributed by atoms with Crippen LogP contribution in [-0.2, 0) is 14.3 Å². The van der Waals surface area contributed by atoms with E-state index in [0.717, 1.165) is 31.2 Å². The lowest BCUT2D eigenvalue weighted by atomic mass is 10.1. The van der Waals surface area contributed by atoms with Crippen LogP contribution in [0, 0.1) is 6.92 Å². The van der Waals surface area contributed by atoms with Gasteiger partial charge in [-0.25, -0.2) is 0 Å². The first kappa shape index (κ1) is 15.8. The van der Waals surface area contributed by atoms with Gasteiger partial charge in [-0.05, 0) is 25.5 Å². The molecule has 0 aliphatic rings. The molecule has 0 N–H and O–H groups in total. The Morgan fingerprint density at radius 1 is 1.16 bits per heavy atom. The molecule has 0 saturated heterocycles. The van der Waals surface area contributed by atoms with E-state index in [1.54, 1.807) is 24.3 Å². The monoisotopic (exact) mass is 282 g/mol. The zero-order valence-corrected chi connectivity index (χ0v) is 12.5. The van der Waals surface area contributed by atoms with Crippen molar-refractivity contribution >= 4 is 10.1 Å². The Labute approximate surface area is 116 Å². The fourth-order valence-electron chi connectivity index (χ4n) is 1.70. The summed E-state index contributed by atoms with van der Waals surface area (Å²) in [6, 6.07) is 6.60. The molecule has 0 unspecified atom stereocenters. The average molecular weight is 282 g/mol. The van der Waals surface area contributed by atoms with Crippen LogP contribution in [0.5, 0.6) is 0 Å². The van der Waals surface area contributed by atoms with Crippen LogP contribution in [-0.4, -0.2) is 8.42 Å². The van der Waals surface area contributed by atoms with Crippen molar-refractivity contribution in [2.75, 3.05) is 0 Å². The average Bonchev–Trinajstić information content (AvgIpc) is 2.34. The van der Waals surface area contributed by atoms with Crippen molar-refractivity contribution in [3.05, 3.63) is 42.2 Å². The number of aryl methyl sites for hydroxylation is 1. The van der Waals surface area contributed by atoms with E-state index in [-0.39, 0.29) is 4.90 Å². The van der Waals surface area contributed by atoms with Gasteiger partial charge in [-0.15, -0.1) is 0 Å². The molecule has 0 radical (unpaired) electrons. The molecule has 0 aliphatic carbocycles. The summed E-state index contributed by atoms with van der Waals surface area (Å²) in [4.78, 5) is 0.174. The summed E-state index contributed by atoms with van der Waals surface area (Å²) in [5.41, 5.74) is 1.01. The largest absolute Gasteiger partial charge is 0.384 e. The minimum absolute atomic E-state index is 0.174. The standard InChI is InChI=1S/C15H22O3S/c1-4-5-6-7-8-14(3)18-19(16,17)15-11-9-13(2)10-12-15/h9-12H,3-8H2,1-2H3. The van der Waals surface area contributed by atoms with Crippen molar-refractivity contribution in [1.82, 2.24) is 0 Å². The highest BCUT2D eigenvalue weighted by atomic mass is 32.2. The summed E-state index contributed by atoms with van der Waals surface area (Å²) in [5.74, 6) is 0.316. The molecule has 1 rings (SSSR count). The van der Waals surface area contributed by atoms with E-state index in [9.17, 15) is 8.42 Å². The van der Waals surface area contributed by atoms with Crippen LogP contribution in [0.25, 0.3) is 0 Å². The predicted octanol–water partition coefficient (Wildman–Crippen LogP) is 4.18. The lowest BCUT2D eigenvalue weighted by Gasteiger charge is -2.09. The lowest BCUT2D eigenvalue weighted by molar-refractivity contribution is 0.387. The number of unbranched alkanes of at least 4 members (excludes halogenated alkanes) is 3. The Balaban J connectivity index is 2.55. The number of allylic oxidation sites excluding steroid dienone is 1. The Hall–Kier alpha value is -1.29. The number of rotatable bonds is 8. The molecule has 0 aliphatic heterocycles. The highest BCUT2D eigenvalue weighted by Gasteiger charge is 2.16. The molecule has 1 aromatic rings. The van der Waals surface area contributed by atoms with Gasteiger partial charge in [0.2, 0.25) is 0 Å². The molecule has 19 heavy (non-hydrogen) atoms. The maximum Gasteiger partial charge on any atom is 0.338 e. The molecule has 0 amide bonds. The summed E-state index contributed by atoms with van der Waals surface area (Å²) >= 11 is 0. The van der Waals surface area contributed by atoms with Gasteiger partial charge in [0.15, 0.2) is 0 Å². The Kier molecular flexibility index (Phi) is 6.09. The van der Waals surface area contributed by atoms with Crippen molar-refractivity contribution in [2.24, 2.45) is 0 Å². The molecule has 4 heteroatoms. The fraction of sp³-hybridized carbons (Fsp3) is 0.467. The SMILES string of the molecule is C=C(CCCCCC)OS(=O)(=O)c1ccc(C)cc1. The third-order valence-corrected chi connectivity index (χ3v) is 4.15. The van der Waals surface area contributed by atoms with Gasteiger partial charge in [-0.1, -0.05) is 50.5 Å². The molecular weight excluding hydrogens is 260 g/mol. The van der Waals surface area contributed by atoms with Crippen molar-refractivity contribution in [3.63, 3.8) is 0 Å². The normalized spacial score (nSPS) is 11.3. The van der Waals surface area contributed by atoms with Gasteiger partial charge < -0.3 is 4.18 Å². The van der Waals surface area contributed by atoms with Crippen LogP contribution in [0.2, 0.25) is 0 Å². The van der Waals surface area contributed by atoms with Crippen LogP contribution >= 0.6 is 0 Å². The zero-order valence-electron chi connectivity index (χ0n) is 11.7. The Morgan fingerprint density at radius 3 is 2.37 bits per heavy atom. The molecule has 0 aromatic heterocycles. The van der Waals surface area contributed by atoms with Crippen molar-refractivity contribution in [3.8, 4) is 0 Å². The van der Waals surface area contributed by atoms with Crippen LogP contribution in [0.3, 0.4) is 0 Å². The van der Waals surface area contributed by atoms with Gasteiger partial charge in [0.1, 0.15) is 10.7 Å². The van der Waals surface area contributed by atoms with Crippen LogP contribution in [0.1, 0.15) is 44.6 Å². The Morgan fingerprint density at radius 2 is 1.79 bits per heavy atom.